The highest BCUT2D eigenvalue weighted by atomic mass is 32.2. The molecule has 2 aliphatic heterocycles. The third kappa shape index (κ3) is 8.77. The Balaban J connectivity index is 1.15. The molecular formula is C36H39N5O4S3Si. The first-order valence-electron chi connectivity index (χ1n) is 16.2. The average molecular weight is 730 g/mol. The van der Waals surface area contributed by atoms with Gasteiger partial charge in [-0.15, -0.1) is 16.2 Å². The van der Waals surface area contributed by atoms with Crippen molar-refractivity contribution in [2.24, 2.45) is 5.18 Å². The largest absolute Gasteiger partial charge is 0.361 e. The summed E-state index contributed by atoms with van der Waals surface area (Å²) in [6.07, 6.45) is 3.98. The fourth-order valence-corrected chi connectivity index (χ4v) is 9.24. The third-order valence-electron chi connectivity index (χ3n) is 8.31. The van der Waals surface area contributed by atoms with Gasteiger partial charge in [-0.05, 0) is 77.5 Å². The fourth-order valence-electron chi connectivity index (χ4n) is 5.65. The smallest absolute Gasteiger partial charge is 0.188 e. The zero-order chi connectivity index (χ0) is 34.4. The van der Waals surface area contributed by atoms with Crippen molar-refractivity contribution in [2.45, 2.75) is 54.9 Å². The second-order valence-corrected chi connectivity index (χ2v) is 21.8. The number of hydrogen-bond donors (Lipinski definition) is 1. The monoisotopic (exact) mass is 729 g/mol. The lowest BCUT2D eigenvalue weighted by molar-refractivity contribution is 0.104. The van der Waals surface area contributed by atoms with E-state index in [-0.39, 0.29) is 5.78 Å². The Morgan fingerprint density at radius 3 is 2.78 bits per heavy atom. The number of fused-ring (bicyclic) bond motifs is 2. The summed E-state index contributed by atoms with van der Waals surface area (Å²) in [5.41, 5.74) is 4.75. The number of thioether (sulfide) groups is 1. The number of nitroso groups, excluding NO2 is 1. The molecule has 2 aliphatic rings. The van der Waals surface area contributed by atoms with Crippen LogP contribution in [-0.4, -0.2) is 51.6 Å². The van der Waals surface area contributed by atoms with Crippen molar-refractivity contribution in [3.63, 3.8) is 0 Å². The lowest BCUT2D eigenvalue weighted by atomic mass is 9.93. The first-order valence-corrected chi connectivity index (χ1v) is 22.4. The van der Waals surface area contributed by atoms with Crippen LogP contribution < -0.4 is 14.5 Å². The summed E-state index contributed by atoms with van der Waals surface area (Å²) in [6, 6.07) is 22.4. The Kier molecular flexibility index (Phi) is 11.5. The number of aldehydes is 1. The van der Waals surface area contributed by atoms with Gasteiger partial charge in [0.15, 0.2) is 17.2 Å². The number of carbonyl (C=O) groups is 2. The summed E-state index contributed by atoms with van der Waals surface area (Å²) in [6.45, 7) is 10.0. The standard InChI is InChI=1S/C36H39N5O4S3Si/c1-49(2,3)19-18-45-24-41-31-12-4-5-13-34(31)46-35(41)21-32(43)28-11-6-8-25-15-17-40(22-29(25)28)36-38-30(23-42)33(47-36)14-16-37-48-27-10-7-9-26(20-27)39-44/h4-13,20-21,23,37H,14-19,22,24H2,1-3H3/b35-21+. The predicted molar refractivity (Wildman–Crippen MR) is 204 cm³/mol. The summed E-state index contributed by atoms with van der Waals surface area (Å²) in [5, 5.41) is 4.64. The van der Waals surface area contributed by atoms with Crippen molar-refractivity contribution in [2.75, 3.05) is 36.2 Å². The molecule has 3 aromatic carbocycles. The van der Waals surface area contributed by atoms with Gasteiger partial charge in [-0.25, -0.2) is 4.98 Å². The number of benzene rings is 3. The van der Waals surface area contributed by atoms with Crippen LogP contribution in [0.15, 0.2) is 92.8 Å². The average Bonchev–Trinajstić information content (AvgIpc) is 3.68. The number of carbonyl (C=O) groups excluding carboxylic acids is 2. The maximum atomic E-state index is 14.0. The second kappa shape index (κ2) is 16.0. The number of ketones is 1. The lowest BCUT2D eigenvalue weighted by Crippen LogP contribution is -2.31. The van der Waals surface area contributed by atoms with Gasteiger partial charge in [-0.1, -0.05) is 67.8 Å². The normalized spacial score (nSPS) is 15.0. The van der Waals surface area contributed by atoms with Crippen LogP contribution in [0.2, 0.25) is 25.7 Å². The van der Waals surface area contributed by atoms with E-state index in [0.29, 0.717) is 49.8 Å². The van der Waals surface area contributed by atoms with Crippen LogP contribution in [0.3, 0.4) is 0 Å². The van der Waals surface area contributed by atoms with E-state index < -0.39 is 8.07 Å². The van der Waals surface area contributed by atoms with Gasteiger partial charge < -0.3 is 14.5 Å². The van der Waals surface area contributed by atoms with E-state index >= 15 is 0 Å². The van der Waals surface area contributed by atoms with Crippen LogP contribution in [-0.2, 0) is 24.1 Å². The topological polar surface area (TPSA) is 104 Å². The molecule has 6 rings (SSSR count). The van der Waals surface area contributed by atoms with Crippen LogP contribution >= 0.6 is 35.0 Å². The molecule has 0 radical (unpaired) electrons. The maximum Gasteiger partial charge on any atom is 0.188 e. The highest BCUT2D eigenvalue weighted by Crippen LogP contribution is 2.46. The summed E-state index contributed by atoms with van der Waals surface area (Å²) < 4.78 is 9.44. The molecule has 0 spiro atoms. The Morgan fingerprint density at radius 2 is 1.96 bits per heavy atom. The molecule has 49 heavy (non-hydrogen) atoms. The number of allylic oxidation sites excluding steroid dienone is 1. The van der Waals surface area contributed by atoms with Crippen molar-refractivity contribution in [3.8, 4) is 0 Å². The number of nitrogens with zero attached hydrogens (tertiary/aromatic N) is 4. The molecule has 1 N–H and O–H groups in total. The van der Waals surface area contributed by atoms with Crippen LogP contribution in [0, 0.1) is 4.91 Å². The van der Waals surface area contributed by atoms with Gasteiger partial charge >= 0.3 is 0 Å². The molecule has 4 aromatic rings. The maximum absolute atomic E-state index is 14.0. The van der Waals surface area contributed by atoms with E-state index in [9.17, 15) is 14.5 Å². The van der Waals surface area contributed by atoms with Gasteiger partial charge in [0.2, 0.25) is 0 Å². The van der Waals surface area contributed by atoms with E-state index in [1.807, 2.05) is 30.3 Å². The lowest BCUT2D eigenvalue weighted by Gasteiger charge is -2.29. The van der Waals surface area contributed by atoms with Gasteiger partial charge in [0.25, 0.3) is 0 Å². The summed E-state index contributed by atoms with van der Waals surface area (Å²) in [4.78, 5) is 48.7. The van der Waals surface area contributed by atoms with Gasteiger partial charge in [0.1, 0.15) is 18.1 Å². The molecule has 1 aromatic heterocycles. The van der Waals surface area contributed by atoms with Crippen LogP contribution in [0.4, 0.5) is 16.5 Å². The number of nitrogens with one attached hydrogen (secondary N) is 1. The van der Waals surface area contributed by atoms with E-state index in [1.165, 1.54) is 23.3 Å². The number of thiazole rings is 1. The molecule has 0 fully saturated rings. The van der Waals surface area contributed by atoms with E-state index in [4.69, 9.17) is 9.72 Å². The summed E-state index contributed by atoms with van der Waals surface area (Å²) in [5.74, 6) is -0.0347. The summed E-state index contributed by atoms with van der Waals surface area (Å²) in [7, 11) is -1.22. The van der Waals surface area contributed by atoms with Crippen molar-refractivity contribution in [1.29, 1.82) is 0 Å². The van der Waals surface area contributed by atoms with Gasteiger partial charge in [0, 0.05) is 60.6 Å². The number of rotatable bonds is 15. The minimum atomic E-state index is -1.22. The Hall–Kier alpha value is -3.59. The number of aromatic nitrogens is 1. The Morgan fingerprint density at radius 1 is 1.12 bits per heavy atom. The first-order chi connectivity index (χ1) is 23.7. The zero-order valence-corrected chi connectivity index (χ0v) is 31.3. The van der Waals surface area contributed by atoms with Gasteiger partial charge in [-0.3, -0.25) is 14.3 Å². The molecule has 0 bridgehead atoms. The summed E-state index contributed by atoms with van der Waals surface area (Å²) >= 11 is 4.54. The minimum Gasteiger partial charge on any atom is -0.361 e. The molecule has 0 unspecified atom stereocenters. The molecule has 13 heteroatoms. The van der Waals surface area contributed by atoms with Crippen LogP contribution in [0.5, 0.6) is 0 Å². The molecule has 0 aliphatic carbocycles. The first kappa shape index (κ1) is 35.2. The zero-order valence-electron chi connectivity index (χ0n) is 27.8. The number of para-hydroxylation sites is 1. The SMILES string of the molecule is C[Si](C)(C)CCOCN1/C(=C\C(=O)c2cccc3c2CN(c2nc(C=O)c(CCNSc4cccc(N=O)c4)s2)CC3)Sc2ccccc21. The quantitative estimate of drug-likeness (QED) is 0.0243. The van der Waals surface area contributed by atoms with Crippen molar-refractivity contribution < 1.29 is 14.3 Å². The molecular weight excluding hydrogens is 691 g/mol. The van der Waals surface area contributed by atoms with Crippen LogP contribution in [0.25, 0.3) is 0 Å². The highest BCUT2D eigenvalue weighted by Gasteiger charge is 2.28. The fraction of sp³-hybridized carbons (Fsp3) is 0.306. The molecule has 3 heterocycles. The molecule has 254 valence electrons. The number of hydrogen-bond acceptors (Lipinski definition) is 12. The molecule has 0 saturated carbocycles. The van der Waals surface area contributed by atoms with Crippen LogP contribution in [0.1, 0.15) is 36.9 Å². The molecule has 0 amide bonds. The Bertz CT molecular complexity index is 1880. The highest BCUT2D eigenvalue weighted by molar-refractivity contribution is 8.03. The van der Waals surface area contributed by atoms with E-state index in [1.54, 1.807) is 36.0 Å². The predicted octanol–water partition coefficient (Wildman–Crippen LogP) is 8.70. The minimum absolute atomic E-state index is 0.0347. The molecule has 0 saturated heterocycles. The van der Waals surface area contributed by atoms with Crippen molar-refractivity contribution in [1.82, 2.24) is 9.71 Å². The van der Waals surface area contributed by atoms with E-state index in [2.05, 4.69) is 57.5 Å². The molecule has 9 nitrogen and oxygen atoms in total. The van der Waals surface area contributed by atoms with Crippen molar-refractivity contribution >= 4 is 71.7 Å². The van der Waals surface area contributed by atoms with E-state index in [0.717, 1.165) is 66.9 Å². The number of ether oxygens (including phenoxy) is 1. The number of anilines is 2. The third-order valence-corrected chi connectivity index (χ3v) is 13.2. The Labute approximate surface area is 300 Å². The van der Waals surface area contributed by atoms with Gasteiger partial charge in [-0.2, -0.15) is 0 Å². The van der Waals surface area contributed by atoms with Gasteiger partial charge in [0.05, 0.1) is 10.7 Å². The van der Waals surface area contributed by atoms with Crippen molar-refractivity contribution in [3.05, 3.63) is 110 Å². The second-order valence-electron chi connectivity index (χ2n) is 13.1. The molecule has 0 atom stereocenters.